The molecule has 0 aromatic carbocycles. The van der Waals surface area contributed by atoms with E-state index in [1.165, 1.54) is 0 Å². The van der Waals surface area contributed by atoms with E-state index in [-0.39, 0.29) is 5.78 Å². The lowest BCUT2D eigenvalue weighted by molar-refractivity contribution is 0.0989. The Morgan fingerprint density at radius 2 is 1.95 bits per heavy atom. The van der Waals surface area contributed by atoms with Crippen LogP contribution in [0.5, 0.6) is 0 Å². The van der Waals surface area contributed by atoms with Gasteiger partial charge in [0.05, 0.1) is 23.4 Å². The van der Waals surface area contributed by atoms with Crippen LogP contribution >= 0.6 is 0 Å². The highest BCUT2D eigenvalue weighted by Gasteiger charge is 2.17. The molecule has 0 unspecified atom stereocenters. The molecule has 2 heterocycles. The van der Waals surface area contributed by atoms with Gasteiger partial charge in [0.15, 0.2) is 5.78 Å². The molecule has 2 aromatic heterocycles. The molecule has 0 spiro atoms. The van der Waals surface area contributed by atoms with E-state index >= 15 is 0 Å². The van der Waals surface area contributed by atoms with Crippen LogP contribution in [0.3, 0.4) is 0 Å². The van der Waals surface area contributed by atoms with Crippen molar-refractivity contribution < 1.29 is 4.79 Å². The van der Waals surface area contributed by atoms with Crippen LogP contribution in [-0.2, 0) is 32.9 Å². The standard InChI is InChI=1S/C15H22N4O/c1-5-11-8-12(19(7-3)16-11)9-15(20)13-10-18(4)17-14(13)6-2/h8,10H,5-7,9H2,1-4H3. The lowest BCUT2D eigenvalue weighted by Crippen LogP contribution is -2.10. The van der Waals surface area contributed by atoms with Crippen LogP contribution < -0.4 is 0 Å². The van der Waals surface area contributed by atoms with Crippen molar-refractivity contribution in [2.75, 3.05) is 0 Å². The van der Waals surface area contributed by atoms with E-state index < -0.39 is 0 Å². The maximum Gasteiger partial charge on any atom is 0.172 e. The van der Waals surface area contributed by atoms with E-state index in [1.54, 1.807) is 4.68 Å². The molecule has 0 aliphatic rings. The summed E-state index contributed by atoms with van der Waals surface area (Å²) in [6, 6.07) is 2.03. The van der Waals surface area contributed by atoms with Crippen molar-refractivity contribution in [1.29, 1.82) is 0 Å². The van der Waals surface area contributed by atoms with Crippen LogP contribution in [0.25, 0.3) is 0 Å². The second kappa shape index (κ2) is 6.03. The third-order valence-electron chi connectivity index (χ3n) is 3.46. The molecule has 5 nitrogen and oxygen atoms in total. The van der Waals surface area contributed by atoms with Gasteiger partial charge in [-0.3, -0.25) is 14.2 Å². The number of carbonyl (C=O) groups excluding carboxylic acids is 1. The Labute approximate surface area is 119 Å². The van der Waals surface area contributed by atoms with Crippen LogP contribution in [0.2, 0.25) is 0 Å². The van der Waals surface area contributed by atoms with Crippen molar-refractivity contribution in [3.8, 4) is 0 Å². The fraction of sp³-hybridized carbons (Fsp3) is 0.533. The monoisotopic (exact) mass is 274 g/mol. The maximum atomic E-state index is 12.5. The number of Topliss-reactive ketones (excluding diaryl/α,β-unsaturated/α-hetero) is 1. The summed E-state index contributed by atoms with van der Waals surface area (Å²) < 4.78 is 3.62. The van der Waals surface area contributed by atoms with Gasteiger partial charge in [-0.2, -0.15) is 10.2 Å². The lowest BCUT2D eigenvalue weighted by atomic mass is 10.1. The Hall–Kier alpha value is -1.91. The van der Waals surface area contributed by atoms with E-state index in [0.717, 1.165) is 42.0 Å². The first-order valence-electron chi connectivity index (χ1n) is 7.20. The minimum atomic E-state index is 0.118. The first-order valence-corrected chi connectivity index (χ1v) is 7.20. The molecule has 0 radical (unpaired) electrons. The average Bonchev–Trinajstić information content (AvgIpc) is 3.01. The molecule has 0 saturated carbocycles. The van der Waals surface area contributed by atoms with Crippen molar-refractivity contribution in [3.63, 3.8) is 0 Å². The summed E-state index contributed by atoms with van der Waals surface area (Å²) in [5, 5.41) is 8.81. The fourth-order valence-electron chi connectivity index (χ4n) is 2.39. The van der Waals surface area contributed by atoms with Gasteiger partial charge >= 0.3 is 0 Å². The van der Waals surface area contributed by atoms with Gasteiger partial charge in [0.1, 0.15) is 0 Å². The van der Waals surface area contributed by atoms with Gasteiger partial charge in [-0.25, -0.2) is 0 Å². The Morgan fingerprint density at radius 3 is 2.55 bits per heavy atom. The van der Waals surface area contributed by atoms with Gasteiger partial charge in [-0.15, -0.1) is 0 Å². The van der Waals surface area contributed by atoms with Crippen LogP contribution in [-0.4, -0.2) is 25.3 Å². The summed E-state index contributed by atoms with van der Waals surface area (Å²) in [4.78, 5) is 12.5. The molecule has 0 aliphatic heterocycles. The average molecular weight is 274 g/mol. The van der Waals surface area contributed by atoms with Crippen molar-refractivity contribution in [3.05, 3.63) is 34.9 Å². The molecular weight excluding hydrogens is 252 g/mol. The summed E-state index contributed by atoms with van der Waals surface area (Å²) >= 11 is 0. The molecule has 2 rings (SSSR count). The number of hydrogen-bond donors (Lipinski definition) is 0. The topological polar surface area (TPSA) is 52.7 Å². The first-order chi connectivity index (χ1) is 9.58. The molecule has 0 bridgehead atoms. The predicted molar refractivity (Wildman–Crippen MR) is 77.9 cm³/mol. The van der Waals surface area contributed by atoms with Crippen molar-refractivity contribution in [1.82, 2.24) is 19.6 Å². The second-order valence-corrected chi connectivity index (χ2v) is 4.91. The zero-order valence-electron chi connectivity index (χ0n) is 12.7. The molecule has 108 valence electrons. The van der Waals surface area contributed by atoms with Gasteiger partial charge in [-0.1, -0.05) is 13.8 Å². The summed E-state index contributed by atoms with van der Waals surface area (Å²) in [5.74, 6) is 0.118. The van der Waals surface area contributed by atoms with E-state index in [4.69, 9.17) is 0 Å². The Kier molecular flexibility index (Phi) is 4.37. The van der Waals surface area contributed by atoms with Gasteiger partial charge in [0.2, 0.25) is 0 Å². The molecule has 20 heavy (non-hydrogen) atoms. The van der Waals surface area contributed by atoms with Crippen molar-refractivity contribution >= 4 is 5.78 Å². The smallest absolute Gasteiger partial charge is 0.172 e. The molecule has 0 amide bonds. The lowest BCUT2D eigenvalue weighted by Gasteiger charge is -2.03. The van der Waals surface area contributed by atoms with Crippen LogP contribution in [0.1, 0.15) is 48.2 Å². The largest absolute Gasteiger partial charge is 0.294 e. The fourth-order valence-corrected chi connectivity index (χ4v) is 2.39. The third kappa shape index (κ3) is 2.81. The zero-order chi connectivity index (χ0) is 14.7. The Bertz CT molecular complexity index is 609. The van der Waals surface area contributed by atoms with Gasteiger partial charge in [-0.05, 0) is 25.8 Å². The van der Waals surface area contributed by atoms with E-state index in [9.17, 15) is 4.79 Å². The maximum absolute atomic E-state index is 12.5. The molecule has 5 heteroatoms. The minimum Gasteiger partial charge on any atom is -0.294 e. The minimum absolute atomic E-state index is 0.118. The molecule has 0 fully saturated rings. The molecule has 2 aromatic rings. The molecular formula is C15H22N4O. The first kappa shape index (κ1) is 14.5. The zero-order valence-corrected chi connectivity index (χ0v) is 12.7. The van der Waals surface area contributed by atoms with Crippen LogP contribution in [0.15, 0.2) is 12.3 Å². The number of nitrogens with zero attached hydrogens (tertiary/aromatic N) is 4. The quantitative estimate of drug-likeness (QED) is 0.759. The highest BCUT2D eigenvalue weighted by molar-refractivity contribution is 5.98. The summed E-state index contributed by atoms with van der Waals surface area (Å²) in [5.41, 5.74) is 3.63. The predicted octanol–water partition coefficient (Wildman–Crippen LogP) is 2.19. The number of hydrogen-bond acceptors (Lipinski definition) is 3. The Balaban J connectivity index is 2.24. The van der Waals surface area contributed by atoms with E-state index in [1.807, 2.05) is 37.8 Å². The van der Waals surface area contributed by atoms with Crippen LogP contribution in [0, 0.1) is 0 Å². The third-order valence-corrected chi connectivity index (χ3v) is 3.46. The van der Waals surface area contributed by atoms with Gasteiger partial charge in [0.25, 0.3) is 0 Å². The van der Waals surface area contributed by atoms with Crippen molar-refractivity contribution in [2.24, 2.45) is 7.05 Å². The molecule has 0 atom stereocenters. The highest BCUT2D eigenvalue weighted by atomic mass is 16.1. The van der Waals surface area contributed by atoms with Crippen molar-refractivity contribution in [2.45, 2.75) is 46.6 Å². The van der Waals surface area contributed by atoms with E-state index in [0.29, 0.717) is 6.42 Å². The second-order valence-electron chi connectivity index (χ2n) is 4.91. The summed E-state index contributed by atoms with van der Waals surface area (Å²) in [7, 11) is 1.85. The Morgan fingerprint density at radius 1 is 1.20 bits per heavy atom. The normalized spacial score (nSPS) is 11.0. The summed E-state index contributed by atoms with van der Waals surface area (Å²) in [6.07, 6.45) is 3.87. The van der Waals surface area contributed by atoms with Crippen LogP contribution in [0.4, 0.5) is 0 Å². The molecule has 0 aliphatic carbocycles. The summed E-state index contributed by atoms with van der Waals surface area (Å²) in [6.45, 7) is 6.92. The van der Waals surface area contributed by atoms with Gasteiger partial charge in [0, 0.05) is 25.5 Å². The molecule has 0 saturated heterocycles. The number of aromatic nitrogens is 4. The number of carbonyl (C=O) groups is 1. The molecule has 0 N–H and O–H groups in total. The van der Waals surface area contributed by atoms with E-state index in [2.05, 4.69) is 17.1 Å². The number of ketones is 1. The number of aryl methyl sites for hydroxylation is 4. The highest BCUT2D eigenvalue weighted by Crippen LogP contribution is 2.13. The number of rotatable bonds is 6. The SMILES string of the molecule is CCc1cc(CC(=O)c2cn(C)nc2CC)n(CC)n1. The van der Waals surface area contributed by atoms with Gasteiger partial charge < -0.3 is 0 Å².